The van der Waals surface area contributed by atoms with Crippen LogP contribution in [-0.4, -0.2) is 29.7 Å². The predicted molar refractivity (Wildman–Crippen MR) is 109 cm³/mol. The zero-order chi connectivity index (χ0) is 19.6. The number of aryl methyl sites for hydroxylation is 1. The van der Waals surface area contributed by atoms with Crippen molar-refractivity contribution >= 4 is 6.03 Å². The van der Waals surface area contributed by atoms with E-state index in [-0.39, 0.29) is 6.03 Å². The molecule has 1 heterocycles. The standard InChI is InChI=1S/C22H24N4O2/c1-28-20-11-9-18(10-12-20)21-14-19(25-16-26-21)15-24-22(27)23-13-5-8-17-6-3-2-4-7-17/h2-4,6-7,9-12,14,16H,5,8,13,15H2,1H3,(H2,23,24,27). The molecule has 6 heteroatoms. The number of carbonyl (C=O) groups excluding carboxylic acids is 1. The molecule has 2 N–H and O–H groups in total. The van der Waals surface area contributed by atoms with E-state index in [4.69, 9.17) is 4.74 Å². The number of urea groups is 1. The minimum Gasteiger partial charge on any atom is -0.497 e. The van der Waals surface area contributed by atoms with Gasteiger partial charge < -0.3 is 15.4 Å². The first-order valence-corrected chi connectivity index (χ1v) is 9.25. The van der Waals surface area contributed by atoms with Gasteiger partial charge in [-0.15, -0.1) is 0 Å². The van der Waals surface area contributed by atoms with Gasteiger partial charge >= 0.3 is 6.03 Å². The summed E-state index contributed by atoms with van der Waals surface area (Å²) in [5.74, 6) is 0.795. The maximum absolute atomic E-state index is 12.0. The average Bonchev–Trinajstić information content (AvgIpc) is 2.76. The maximum Gasteiger partial charge on any atom is 0.315 e. The number of amides is 2. The van der Waals surface area contributed by atoms with Crippen LogP contribution in [0.2, 0.25) is 0 Å². The highest BCUT2D eigenvalue weighted by molar-refractivity contribution is 5.73. The highest BCUT2D eigenvalue weighted by Crippen LogP contribution is 2.20. The maximum atomic E-state index is 12.0. The largest absolute Gasteiger partial charge is 0.497 e. The molecule has 2 amide bonds. The molecule has 0 fully saturated rings. The average molecular weight is 376 g/mol. The first kappa shape index (κ1) is 19.4. The van der Waals surface area contributed by atoms with Crippen LogP contribution in [0.1, 0.15) is 17.7 Å². The summed E-state index contributed by atoms with van der Waals surface area (Å²) in [6, 6.07) is 19.6. The van der Waals surface area contributed by atoms with Gasteiger partial charge in [0, 0.05) is 12.1 Å². The van der Waals surface area contributed by atoms with Gasteiger partial charge in [-0.05, 0) is 48.7 Å². The zero-order valence-electron chi connectivity index (χ0n) is 15.9. The fourth-order valence-corrected chi connectivity index (χ4v) is 2.79. The second-order valence-electron chi connectivity index (χ2n) is 6.32. The highest BCUT2D eigenvalue weighted by atomic mass is 16.5. The number of hydrogen-bond donors (Lipinski definition) is 2. The number of methoxy groups -OCH3 is 1. The zero-order valence-corrected chi connectivity index (χ0v) is 15.9. The first-order valence-electron chi connectivity index (χ1n) is 9.25. The van der Waals surface area contributed by atoms with Crippen LogP contribution < -0.4 is 15.4 Å². The van der Waals surface area contributed by atoms with Crippen LogP contribution in [0.25, 0.3) is 11.3 Å². The van der Waals surface area contributed by atoms with Gasteiger partial charge in [-0.3, -0.25) is 0 Å². The molecule has 0 aliphatic heterocycles. The van der Waals surface area contributed by atoms with Crippen molar-refractivity contribution < 1.29 is 9.53 Å². The summed E-state index contributed by atoms with van der Waals surface area (Å²) >= 11 is 0. The number of hydrogen-bond acceptors (Lipinski definition) is 4. The molecule has 0 spiro atoms. The smallest absolute Gasteiger partial charge is 0.315 e. The molecule has 0 aliphatic carbocycles. The molecule has 6 nitrogen and oxygen atoms in total. The topological polar surface area (TPSA) is 76.1 Å². The third-order valence-electron chi connectivity index (χ3n) is 4.31. The molecule has 0 aliphatic rings. The molecule has 0 unspecified atom stereocenters. The van der Waals surface area contributed by atoms with Gasteiger partial charge in [-0.25, -0.2) is 14.8 Å². The Labute approximate surface area is 165 Å². The van der Waals surface area contributed by atoms with Crippen molar-refractivity contribution in [3.63, 3.8) is 0 Å². The van der Waals surface area contributed by atoms with Crippen molar-refractivity contribution in [1.82, 2.24) is 20.6 Å². The molecule has 0 saturated carbocycles. The molecule has 0 bridgehead atoms. The van der Waals surface area contributed by atoms with E-state index in [2.05, 4.69) is 32.7 Å². The lowest BCUT2D eigenvalue weighted by atomic mass is 10.1. The van der Waals surface area contributed by atoms with Crippen molar-refractivity contribution in [1.29, 1.82) is 0 Å². The quantitative estimate of drug-likeness (QED) is 0.589. The van der Waals surface area contributed by atoms with E-state index < -0.39 is 0 Å². The summed E-state index contributed by atoms with van der Waals surface area (Å²) < 4.78 is 5.17. The molecule has 1 aromatic heterocycles. The minimum absolute atomic E-state index is 0.197. The lowest BCUT2D eigenvalue weighted by Gasteiger charge is -2.08. The monoisotopic (exact) mass is 376 g/mol. The van der Waals surface area contributed by atoms with Crippen LogP contribution in [0.4, 0.5) is 4.79 Å². The minimum atomic E-state index is -0.197. The van der Waals surface area contributed by atoms with Gasteiger partial charge in [0.15, 0.2) is 0 Å². The van der Waals surface area contributed by atoms with Crippen molar-refractivity contribution in [2.24, 2.45) is 0 Å². The molecular weight excluding hydrogens is 352 g/mol. The molecule has 28 heavy (non-hydrogen) atoms. The van der Waals surface area contributed by atoms with E-state index in [1.54, 1.807) is 7.11 Å². The van der Waals surface area contributed by atoms with Gasteiger partial charge in [0.25, 0.3) is 0 Å². The Morgan fingerprint density at radius 1 is 1.00 bits per heavy atom. The third-order valence-corrected chi connectivity index (χ3v) is 4.31. The summed E-state index contributed by atoms with van der Waals surface area (Å²) in [6.07, 6.45) is 3.35. The number of benzene rings is 2. The number of aromatic nitrogens is 2. The van der Waals surface area contributed by atoms with E-state index in [1.165, 1.54) is 11.9 Å². The predicted octanol–water partition coefficient (Wildman–Crippen LogP) is 3.58. The molecule has 0 saturated heterocycles. The Hall–Kier alpha value is -3.41. The van der Waals surface area contributed by atoms with Gasteiger partial charge in [0.05, 0.1) is 25.0 Å². The summed E-state index contributed by atoms with van der Waals surface area (Å²) in [5.41, 5.74) is 3.80. The normalized spacial score (nSPS) is 10.3. The van der Waals surface area contributed by atoms with Crippen LogP contribution in [0.3, 0.4) is 0 Å². The van der Waals surface area contributed by atoms with Crippen LogP contribution in [0, 0.1) is 0 Å². The fourth-order valence-electron chi connectivity index (χ4n) is 2.79. The van der Waals surface area contributed by atoms with E-state index >= 15 is 0 Å². The Balaban J connectivity index is 1.44. The van der Waals surface area contributed by atoms with Crippen LogP contribution in [-0.2, 0) is 13.0 Å². The molecule has 144 valence electrons. The number of nitrogens with zero attached hydrogens (tertiary/aromatic N) is 2. The lowest BCUT2D eigenvalue weighted by Crippen LogP contribution is -2.35. The molecule has 0 atom stereocenters. The number of ether oxygens (including phenoxy) is 1. The van der Waals surface area contributed by atoms with Crippen LogP contribution in [0.15, 0.2) is 67.0 Å². The number of carbonyl (C=O) groups is 1. The van der Waals surface area contributed by atoms with Crippen molar-refractivity contribution in [3.8, 4) is 17.0 Å². The van der Waals surface area contributed by atoms with Crippen molar-refractivity contribution in [3.05, 3.63) is 78.2 Å². The van der Waals surface area contributed by atoms with Crippen LogP contribution in [0.5, 0.6) is 5.75 Å². The van der Waals surface area contributed by atoms with Gasteiger partial charge in [-0.1, -0.05) is 30.3 Å². The Morgan fingerprint density at radius 2 is 1.79 bits per heavy atom. The highest BCUT2D eigenvalue weighted by Gasteiger charge is 2.05. The summed E-state index contributed by atoms with van der Waals surface area (Å²) in [4.78, 5) is 20.5. The van der Waals surface area contributed by atoms with E-state index in [1.807, 2.05) is 48.5 Å². The van der Waals surface area contributed by atoms with E-state index in [0.717, 1.165) is 35.5 Å². The molecule has 2 aromatic carbocycles. The Kier molecular flexibility index (Phi) is 6.95. The molecule has 3 aromatic rings. The summed E-state index contributed by atoms with van der Waals surface area (Å²) in [6.45, 7) is 0.970. The summed E-state index contributed by atoms with van der Waals surface area (Å²) in [7, 11) is 1.64. The molecule has 3 rings (SSSR count). The van der Waals surface area contributed by atoms with Gasteiger partial charge in [-0.2, -0.15) is 0 Å². The lowest BCUT2D eigenvalue weighted by molar-refractivity contribution is 0.240. The summed E-state index contributed by atoms with van der Waals surface area (Å²) in [5, 5.41) is 5.71. The van der Waals surface area contributed by atoms with E-state index in [9.17, 15) is 4.79 Å². The second-order valence-corrected chi connectivity index (χ2v) is 6.32. The van der Waals surface area contributed by atoms with Crippen LogP contribution >= 0.6 is 0 Å². The fraction of sp³-hybridized carbons (Fsp3) is 0.227. The van der Waals surface area contributed by atoms with Gasteiger partial charge in [0.2, 0.25) is 0 Å². The van der Waals surface area contributed by atoms with Crippen molar-refractivity contribution in [2.75, 3.05) is 13.7 Å². The number of rotatable bonds is 8. The SMILES string of the molecule is COc1ccc(-c2cc(CNC(=O)NCCCc3ccccc3)ncn2)cc1. The molecule has 0 radical (unpaired) electrons. The third kappa shape index (κ3) is 5.81. The Bertz CT molecular complexity index is 883. The van der Waals surface area contributed by atoms with Crippen molar-refractivity contribution in [2.45, 2.75) is 19.4 Å². The van der Waals surface area contributed by atoms with E-state index in [0.29, 0.717) is 13.1 Å². The molecular formula is C22H24N4O2. The Morgan fingerprint density at radius 3 is 2.54 bits per heavy atom. The number of nitrogens with one attached hydrogen (secondary N) is 2. The van der Waals surface area contributed by atoms with Gasteiger partial charge in [0.1, 0.15) is 12.1 Å². The second kappa shape index (κ2) is 10.1. The first-order chi connectivity index (χ1) is 13.7.